The fourth-order valence-corrected chi connectivity index (χ4v) is 2.76. The van der Waals surface area contributed by atoms with Crippen molar-refractivity contribution in [3.05, 3.63) is 65.9 Å². The predicted molar refractivity (Wildman–Crippen MR) is 99.1 cm³/mol. The van der Waals surface area contributed by atoms with Crippen LogP contribution in [0.3, 0.4) is 0 Å². The number of fused-ring (bicyclic) bond motifs is 1. The summed E-state index contributed by atoms with van der Waals surface area (Å²) in [4.78, 5) is 12.5. The van der Waals surface area contributed by atoms with Gasteiger partial charge in [-0.05, 0) is 51.0 Å². The standard InChI is InChI=1S/C21H23NO3/c1-15-13-22(20(23)25-21(2,3)4)17-11-8-12-18(19(15)17)24-14-16-9-6-5-7-10-16/h5-13H,14H2,1-4H3. The first-order valence-electron chi connectivity index (χ1n) is 8.36. The molecule has 0 atom stereocenters. The molecule has 0 unspecified atom stereocenters. The number of ether oxygens (including phenoxy) is 2. The average molecular weight is 337 g/mol. The quantitative estimate of drug-likeness (QED) is 0.650. The molecule has 0 N–H and O–H groups in total. The van der Waals surface area contributed by atoms with Crippen molar-refractivity contribution >= 4 is 17.0 Å². The Labute approximate surface area is 148 Å². The summed E-state index contributed by atoms with van der Waals surface area (Å²) in [7, 11) is 0. The lowest BCUT2D eigenvalue weighted by molar-refractivity contribution is 0.0544. The second-order valence-electron chi connectivity index (χ2n) is 7.09. The molecule has 2 aromatic carbocycles. The maximum atomic E-state index is 12.5. The molecule has 0 saturated heterocycles. The van der Waals surface area contributed by atoms with E-state index in [0.717, 1.165) is 27.8 Å². The first-order chi connectivity index (χ1) is 11.8. The van der Waals surface area contributed by atoms with E-state index in [2.05, 4.69) is 0 Å². The van der Waals surface area contributed by atoms with Crippen LogP contribution in [0.15, 0.2) is 54.7 Å². The van der Waals surface area contributed by atoms with Crippen molar-refractivity contribution in [3.63, 3.8) is 0 Å². The third-order valence-electron chi connectivity index (χ3n) is 3.81. The van der Waals surface area contributed by atoms with Gasteiger partial charge in [-0.1, -0.05) is 36.4 Å². The summed E-state index contributed by atoms with van der Waals surface area (Å²) in [5.74, 6) is 0.765. The SMILES string of the molecule is Cc1cn(C(=O)OC(C)(C)C)c2cccc(OCc3ccccc3)c12. The normalized spacial score (nSPS) is 11.5. The highest BCUT2D eigenvalue weighted by molar-refractivity contribution is 5.95. The Bertz CT molecular complexity index is 889. The second-order valence-corrected chi connectivity index (χ2v) is 7.09. The Morgan fingerprint density at radius 1 is 1.04 bits per heavy atom. The van der Waals surface area contributed by atoms with Gasteiger partial charge in [0.25, 0.3) is 0 Å². The maximum absolute atomic E-state index is 12.5. The number of aromatic nitrogens is 1. The van der Waals surface area contributed by atoms with Crippen LogP contribution >= 0.6 is 0 Å². The summed E-state index contributed by atoms with van der Waals surface area (Å²) in [6, 6.07) is 15.7. The van der Waals surface area contributed by atoms with E-state index < -0.39 is 5.60 Å². The molecule has 0 aliphatic rings. The number of hydrogen-bond donors (Lipinski definition) is 0. The van der Waals surface area contributed by atoms with Gasteiger partial charge in [-0.15, -0.1) is 0 Å². The fraction of sp³-hybridized carbons (Fsp3) is 0.286. The number of hydrogen-bond acceptors (Lipinski definition) is 3. The predicted octanol–water partition coefficient (Wildman–Crippen LogP) is 5.31. The van der Waals surface area contributed by atoms with Crippen LogP contribution in [0.1, 0.15) is 31.9 Å². The molecule has 4 nitrogen and oxygen atoms in total. The van der Waals surface area contributed by atoms with Gasteiger partial charge in [-0.2, -0.15) is 0 Å². The molecule has 0 aliphatic carbocycles. The van der Waals surface area contributed by atoms with Gasteiger partial charge >= 0.3 is 6.09 Å². The van der Waals surface area contributed by atoms with E-state index in [9.17, 15) is 4.79 Å². The Morgan fingerprint density at radius 2 is 1.76 bits per heavy atom. The van der Waals surface area contributed by atoms with Crippen molar-refractivity contribution in [1.82, 2.24) is 4.57 Å². The van der Waals surface area contributed by atoms with E-state index in [4.69, 9.17) is 9.47 Å². The molecule has 1 heterocycles. The number of benzene rings is 2. The number of rotatable bonds is 3. The van der Waals surface area contributed by atoms with Gasteiger partial charge in [0.2, 0.25) is 0 Å². The molecule has 0 fully saturated rings. The van der Waals surface area contributed by atoms with E-state index in [1.54, 1.807) is 10.8 Å². The molecule has 0 spiro atoms. The molecule has 25 heavy (non-hydrogen) atoms. The molecular formula is C21H23NO3. The third-order valence-corrected chi connectivity index (χ3v) is 3.81. The van der Waals surface area contributed by atoms with Crippen LogP contribution in [0.4, 0.5) is 4.79 Å². The van der Waals surface area contributed by atoms with E-state index in [1.807, 2.05) is 76.2 Å². The van der Waals surface area contributed by atoms with Gasteiger partial charge in [0.05, 0.1) is 5.52 Å². The first-order valence-corrected chi connectivity index (χ1v) is 8.36. The minimum atomic E-state index is -0.539. The molecule has 0 saturated carbocycles. The number of nitrogens with zero attached hydrogens (tertiary/aromatic N) is 1. The van der Waals surface area contributed by atoms with Crippen molar-refractivity contribution in [1.29, 1.82) is 0 Å². The molecule has 0 radical (unpaired) electrons. The molecule has 1 aromatic heterocycles. The fourth-order valence-electron chi connectivity index (χ4n) is 2.76. The van der Waals surface area contributed by atoms with E-state index in [-0.39, 0.29) is 6.09 Å². The largest absolute Gasteiger partial charge is 0.488 e. The minimum Gasteiger partial charge on any atom is -0.488 e. The lowest BCUT2D eigenvalue weighted by Crippen LogP contribution is -2.26. The van der Waals surface area contributed by atoms with Crippen molar-refractivity contribution in [2.24, 2.45) is 0 Å². The Kier molecular flexibility index (Phi) is 4.53. The second kappa shape index (κ2) is 6.63. The molecule has 3 rings (SSSR count). The lowest BCUT2D eigenvalue weighted by atomic mass is 10.1. The molecule has 0 aliphatic heterocycles. The van der Waals surface area contributed by atoms with Crippen LogP contribution < -0.4 is 4.74 Å². The van der Waals surface area contributed by atoms with Crippen LogP contribution in [-0.2, 0) is 11.3 Å². The van der Waals surface area contributed by atoms with Crippen LogP contribution in [0, 0.1) is 6.92 Å². The topological polar surface area (TPSA) is 40.5 Å². The molecule has 4 heteroatoms. The van der Waals surface area contributed by atoms with Crippen molar-refractivity contribution in [2.45, 2.75) is 39.9 Å². The van der Waals surface area contributed by atoms with Gasteiger partial charge in [0.1, 0.15) is 18.0 Å². The number of carbonyl (C=O) groups excluding carboxylic acids is 1. The maximum Gasteiger partial charge on any atom is 0.419 e. The third kappa shape index (κ3) is 3.85. The summed E-state index contributed by atoms with van der Waals surface area (Å²) in [6.45, 7) is 8.03. The van der Waals surface area contributed by atoms with Crippen LogP contribution in [0.5, 0.6) is 5.75 Å². The van der Waals surface area contributed by atoms with E-state index >= 15 is 0 Å². The van der Waals surface area contributed by atoms with Crippen molar-refractivity contribution in [2.75, 3.05) is 0 Å². The summed E-state index contributed by atoms with van der Waals surface area (Å²) in [6.07, 6.45) is 1.42. The molecule has 130 valence electrons. The monoisotopic (exact) mass is 337 g/mol. The summed E-state index contributed by atoms with van der Waals surface area (Å²) in [5, 5.41) is 0.935. The first kappa shape index (κ1) is 17.1. The summed E-state index contributed by atoms with van der Waals surface area (Å²) < 4.78 is 13.1. The summed E-state index contributed by atoms with van der Waals surface area (Å²) >= 11 is 0. The van der Waals surface area contributed by atoms with Crippen molar-refractivity contribution in [3.8, 4) is 5.75 Å². The van der Waals surface area contributed by atoms with Gasteiger partial charge in [0.15, 0.2) is 0 Å². The highest BCUT2D eigenvalue weighted by Crippen LogP contribution is 2.31. The lowest BCUT2D eigenvalue weighted by Gasteiger charge is -2.19. The molecule has 0 bridgehead atoms. The highest BCUT2D eigenvalue weighted by atomic mass is 16.6. The molecule has 0 amide bonds. The average Bonchev–Trinajstić information content (AvgIpc) is 2.90. The van der Waals surface area contributed by atoms with Crippen molar-refractivity contribution < 1.29 is 14.3 Å². The number of carbonyl (C=O) groups is 1. The van der Waals surface area contributed by atoms with Crippen LogP contribution in [-0.4, -0.2) is 16.3 Å². The highest BCUT2D eigenvalue weighted by Gasteiger charge is 2.21. The van der Waals surface area contributed by atoms with Gasteiger partial charge in [-0.3, -0.25) is 4.57 Å². The van der Waals surface area contributed by atoms with Crippen LogP contribution in [0.2, 0.25) is 0 Å². The zero-order valence-electron chi connectivity index (χ0n) is 15.1. The smallest absolute Gasteiger partial charge is 0.419 e. The van der Waals surface area contributed by atoms with Crippen LogP contribution in [0.25, 0.3) is 10.9 Å². The zero-order chi connectivity index (χ0) is 18.0. The molecular weight excluding hydrogens is 314 g/mol. The number of aryl methyl sites for hydroxylation is 1. The molecule has 3 aromatic rings. The summed E-state index contributed by atoms with van der Waals surface area (Å²) in [5.41, 5.74) is 2.33. The van der Waals surface area contributed by atoms with Gasteiger partial charge in [-0.25, -0.2) is 4.79 Å². The Morgan fingerprint density at radius 3 is 2.44 bits per heavy atom. The van der Waals surface area contributed by atoms with E-state index in [0.29, 0.717) is 6.61 Å². The zero-order valence-corrected chi connectivity index (χ0v) is 15.1. The Balaban J connectivity index is 1.92. The van der Waals surface area contributed by atoms with Gasteiger partial charge in [0, 0.05) is 11.6 Å². The van der Waals surface area contributed by atoms with E-state index in [1.165, 1.54) is 0 Å². The van der Waals surface area contributed by atoms with Gasteiger partial charge < -0.3 is 9.47 Å². The minimum absolute atomic E-state index is 0.384. The Hall–Kier alpha value is -2.75.